The summed E-state index contributed by atoms with van der Waals surface area (Å²) in [6.45, 7) is 0.886. The van der Waals surface area contributed by atoms with Gasteiger partial charge in [0, 0.05) is 19.1 Å². The van der Waals surface area contributed by atoms with Gasteiger partial charge in [-0.25, -0.2) is 0 Å². The predicted octanol–water partition coefficient (Wildman–Crippen LogP) is 2.09. The van der Waals surface area contributed by atoms with E-state index in [9.17, 15) is 18.0 Å². The van der Waals surface area contributed by atoms with Gasteiger partial charge < -0.3 is 15.0 Å². The lowest BCUT2D eigenvalue weighted by atomic mass is 10.0. The summed E-state index contributed by atoms with van der Waals surface area (Å²) < 4.78 is 43.6. The molecule has 2 rings (SSSR count). The van der Waals surface area contributed by atoms with Crippen LogP contribution in [0.25, 0.3) is 0 Å². The van der Waals surface area contributed by atoms with Gasteiger partial charge in [-0.05, 0) is 45.2 Å². The first-order valence-corrected chi connectivity index (χ1v) is 7.64. The SMILES string of the molecule is O=C(CCC1CCCO1)N(CC(F)(F)F)C1CCNCC1. The Balaban J connectivity index is 1.90. The smallest absolute Gasteiger partial charge is 0.378 e. The van der Waals surface area contributed by atoms with Crippen LogP contribution in [0.1, 0.15) is 38.5 Å². The molecule has 0 spiro atoms. The summed E-state index contributed by atoms with van der Waals surface area (Å²) in [5, 5.41) is 3.11. The molecule has 2 saturated heterocycles. The minimum absolute atomic E-state index is 0.0368. The van der Waals surface area contributed by atoms with E-state index < -0.39 is 18.6 Å². The zero-order valence-corrected chi connectivity index (χ0v) is 12.1. The summed E-state index contributed by atoms with van der Waals surface area (Å²) in [5.41, 5.74) is 0. The molecule has 1 amide bonds. The third-order valence-corrected chi connectivity index (χ3v) is 4.12. The molecular weight excluding hydrogens is 285 g/mol. The lowest BCUT2D eigenvalue weighted by Crippen LogP contribution is -2.49. The highest BCUT2D eigenvalue weighted by atomic mass is 19.4. The summed E-state index contributed by atoms with van der Waals surface area (Å²) in [4.78, 5) is 13.3. The fraction of sp³-hybridized carbons (Fsp3) is 0.929. The Morgan fingerprint density at radius 1 is 1.24 bits per heavy atom. The molecule has 0 aromatic rings. The van der Waals surface area contributed by atoms with E-state index in [1.54, 1.807) is 0 Å². The molecule has 21 heavy (non-hydrogen) atoms. The minimum Gasteiger partial charge on any atom is -0.378 e. The van der Waals surface area contributed by atoms with Crippen molar-refractivity contribution >= 4 is 5.91 Å². The number of piperidine rings is 1. The van der Waals surface area contributed by atoms with Crippen molar-refractivity contribution in [3.63, 3.8) is 0 Å². The molecule has 0 aliphatic carbocycles. The van der Waals surface area contributed by atoms with Gasteiger partial charge in [0.15, 0.2) is 0 Å². The van der Waals surface area contributed by atoms with Crippen molar-refractivity contribution in [1.29, 1.82) is 0 Å². The van der Waals surface area contributed by atoms with Crippen molar-refractivity contribution < 1.29 is 22.7 Å². The molecule has 122 valence electrons. The number of nitrogens with zero attached hydrogens (tertiary/aromatic N) is 1. The summed E-state index contributed by atoms with van der Waals surface area (Å²) in [5.74, 6) is -0.394. The number of rotatable bonds is 5. The molecule has 2 fully saturated rings. The van der Waals surface area contributed by atoms with Crippen molar-refractivity contribution in [2.45, 2.75) is 56.8 Å². The Morgan fingerprint density at radius 3 is 2.52 bits per heavy atom. The highest BCUT2D eigenvalue weighted by Crippen LogP contribution is 2.24. The van der Waals surface area contributed by atoms with Crippen molar-refractivity contribution in [2.24, 2.45) is 0 Å². The average Bonchev–Trinajstić information content (AvgIpc) is 2.95. The molecule has 0 saturated carbocycles. The molecule has 0 radical (unpaired) electrons. The van der Waals surface area contributed by atoms with Crippen LogP contribution in [0.4, 0.5) is 13.2 Å². The van der Waals surface area contributed by atoms with Gasteiger partial charge in [0.1, 0.15) is 6.54 Å². The quantitative estimate of drug-likeness (QED) is 0.845. The van der Waals surface area contributed by atoms with Gasteiger partial charge in [0.25, 0.3) is 0 Å². The number of hydrogen-bond acceptors (Lipinski definition) is 3. The monoisotopic (exact) mass is 308 g/mol. The number of ether oxygens (including phenoxy) is 1. The van der Waals surface area contributed by atoms with Crippen LogP contribution in [0, 0.1) is 0 Å². The van der Waals surface area contributed by atoms with Crippen molar-refractivity contribution in [2.75, 3.05) is 26.2 Å². The second-order valence-electron chi connectivity index (χ2n) is 5.79. The number of nitrogens with one attached hydrogen (secondary N) is 1. The largest absolute Gasteiger partial charge is 0.406 e. The van der Waals surface area contributed by atoms with Gasteiger partial charge in [-0.3, -0.25) is 4.79 Å². The van der Waals surface area contributed by atoms with Gasteiger partial charge in [-0.15, -0.1) is 0 Å². The third kappa shape index (κ3) is 5.47. The molecule has 1 unspecified atom stereocenters. The fourth-order valence-corrected chi connectivity index (χ4v) is 3.03. The molecule has 1 N–H and O–H groups in total. The first-order valence-electron chi connectivity index (χ1n) is 7.64. The normalized spacial score (nSPS) is 24.2. The van der Waals surface area contributed by atoms with Gasteiger partial charge in [-0.1, -0.05) is 0 Å². The fourth-order valence-electron chi connectivity index (χ4n) is 3.03. The van der Waals surface area contributed by atoms with Gasteiger partial charge in [-0.2, -0.15) is 13.2 Å². The van der Waals surface area contributed by atoms with Crippen molar-refractivity contribution in [3.05, 3.63) is 0 Å². The second-order valence-corrected chi connectivity index (χ2v) is 5.79. The molecule has 4 nitrogen and oxygen atoms in total. The Labute approximate surface area is 123 Å². The maximum atomic E-state index is 12.7. The molecule has 2 heterocycles. The van der Waals surface area contributed by atoms with Crippen molar-refractivity contribution in [1.82, 2.24) is 10.2 Å². The van der Waals surface area contributed by atoms with E-state index in [0.29, 0.717) is 39.0 Å². The van der Waals surface area contributed by atoms with E-state index in [1.165, 1.54) is 0 Å². The molecule has 2 aliphatic rings. The summed E-state index contributed by atoms with van der Waals surface area (Å²) in [7, 11) is 0. The van der Waals surface area contributed by atoms with E-state index >= 15 is 0 Å². The van der Waals surface area contributed by atoms with Crippen LogP contribution in [-0.4, -0.2) is 55.4 Å². The number of hydrogen-bond donors (Lipinski definition) is 1. The van der Waals surface area contributed by atoms with E-state index in [-0.39, 0.29) is 18.6 Å². The maximum Gasteiger partial charge on any atom is 0.406 e. The summed E-state index contributed by atoms with van der Waals surface area (Å²) >= 11 is 0. The van der Waals surface area contributed by atoms with E-state index in [0.717, 1.165) is 17.7 Å². The van der Waals surface area contributed by atoms with Crippen LogP contribution >= 0.6 is 0 Å². The van der Waals surface area contributed by atoms with Crippen LogP contribution in [0.5, 0.6) is 0 Å². The molecule has 0 bridgehead atoms. The Hall–Kier alpha value is -0.820. The van der Waals surface area contributed by atoms with E-state index in [1.807, 2.05) is 0 Å². The Kier molecular flexibility index (Phi) is 5.87. The van der Waals surface area contributed by atoms with Gasteiger partial charge in [0.2, 0.25) is 5.91 Å². The molecule has 7 heteroatoms. The van der Waals surface area contributed by atoms with Crippen LogP contribution in [0.15, 0.2) is 0 Å². The highest BCUT2D eigenvalue weighted by molar-refractivity contribution is 5.76. The molecule has 0 aromatic carbocycles. The van der Waals surface area contributed by atoms with Gasteiger partial charge >= 0.3 is 6.18 Å². The number of halogens is 3. The molecule has 1 atom stereocenters. The number of carbonyl (C=O) groups is 1. The zero-order chi connectivity index (χ0) is 15.3. The minimum atomic E-state index is -4.34. The van der Waals surface area contributed by atoms with Crippen LogP contribution in [0.3, 0.4) is 0 Å². The maximum absolute atomic E-state index is 12.7. The predicted molar refractivity (Wildman–Crippen MR) is 71.9 cm³/mol. The van der Waals surface area contributed by atoms with Crippen LogP contribution in [0.2, 0.25) is 0 Å². The average molecular weight is 308 g/mol. The van der Waals surface area contributed by atoms with Crippen LogP contribution < -0.4 is 5.32 Å². The zero-order valence-electron chi connectivity index (χ0n) is 12.1. The molecular formula is C14H23F3N2O2. The Bertz CT molecular complexity index is 338. The van der Waals surface area contributed by atoms with Crippen LogP contribution in [-0.2, 0) is 9.53 Å². The standard InChI is InChI=1S/C14H23F3N2O2/c15-14(16,17)10-19(11-5-7-18-8-6-11)13(20)4-3-12-2-1-9-21-12/h11-12,18H,1-10H2. The lowest BCUT2D eigenvalue weighted by Gasteiger charge is -2.35. The topological polar surface area (TPSA) is 41.6 Å². The first kappa shape index (κ1) is 16.5. The molecule has 0 aromatic heterocycles. The first-order chi connectivity index (χ1) is 9.96. The van der Waals surface area contributed by atoms with Crippen molar-refractivity contribution in [3.8, 4) is 0 Å². The number of carbonyl (C=O) groups excluding carboxylic acids is 1. The number of amides is 1. The Morgan fingerprint density at radius 2 is 1.95 bits per heavy atom. The van der Waals surface area contributed by atoms with Gasteiger partial charge in [0.05, 0.1) is 6.10 Å². The summed E-state index contributed by atoms with van der Waals surface area (Å²) in [6, 6.07) is -0.301. The summed E-state index contributed by atoms with van der Waals surface area (Å²) in [6.07, 6.45) is -0.592. The number of alkyl halides is 3. The highest BCUT2D eigenvalue weighted by Gasteiger charge is 2.36. The van der Waals surface area contributed by atoms with E-state index in [2.05, 4.69) is 5.32 Å². The lowest BCUT2D eigenvalue weighted by molar-refractivity contribution is -0.167. The molecule has 2 aliphatic heterocycles. The second kappa shape index (κ2) is 7.45. The van der Waals surface area contributed by atoms with E-state index in [4.69, 9.17) is 4.74 Å². The third-order valence-electron chi connectivity index (χ3n) is 4.12.